The van der Waals surface area contributed by atoms with Gasteiger partial charge < -0.3 is 24.3 Å². The second-order valence-corrected chi connectivity index (χ2v) is 7.97. The number of amides is 2. The van der Waals surface area contributed by atoms with Gasteiger partial charge in [0.1, 0.15) is 5.76 Å². The standard InChI is InChI=1S/C21H29N3O3/c1-23(2)12-15-13-24(10-11-26-14-15)21(25)22-18-8-5-7-17-16-6-3-4-9-19(16)27-20(17)18/h5,7-8,15H,3-4,6,9-14H2,1-2H3,(H,22,25)/t15-/m0/s1. The number of hydrogen-bond acceptors (Lipinski definition) is 4. The molecule has 0 bridgehead atoms. The molecule has 4 rings (SSSR count). The highest BCUT2D eigenvalue weighted by Gasteiger charge is 2.25. The van der Waals surface area contributed by atoms with Gasteiger partial charge in [-0.1, -0.05) is 12.1 Å². The number of carbonyl (C=O) groups excluding carboxylic acids is 1. The van der Waals surface area contributed by atoms with Crippen LogP contribution in [0.25, 0.3) is 11.0 Å². The van der Waals surface area contributed by atoms with Crippen molar-refractivity contribution in [2.24, 2.45) is 5.92 Å². The lowest BCUT2D eigenvalue weighted by atomic mass is 9.96. The minimum Gasteiger partial charge on any atom is -0.459 e. The SMILES string of the molecule is CN(C)C[C@@H]1COCCN(C(=O)Nc2cccc3c4c(oc23)CCCC4)C1. The van der Waals surface area contributed by atoms with Crippen LogP contribution in [-0.4, -0.2) is 62.8 Å². The summed E-state index contributed by atoms with van der Waals surface area (Å²) < 4.78 is 11.8. The molecule has 27 heavy (non-hydrogen) atoms. The van der Waals surface area contributed by atoms with Crippen LogP contribution >= 0.6 is 0 Å². The zero-order chi connectivity index (χ0) is 18.8. The summed E-state index contributed by atoms with van der Waals surface area (Å²) in [6, 6.07) is 5.96. The van der Waals surface area contributed by atoms with Gasteiger partial charge in [-0.25, -0.2) is 4.79 Å². The predicted molar refractivity (Wildman–Crippen MR) is 106 cm³/mol. The molecule has 1 aromatic heterocycles. The molecule has 6 nitrogen and oxygen atoms in total. The fraction of sp³-hybridized carbons (Fsp3) is 0.571. The van der Waals surface area contributed by atoms with Gasteiger partial charge in [0.2, 0.25) is 0 Å². The largest absolute Gasteiger partial charge is 0.459 e. The van der Waals surface area contributed by atoms with Crippen molar-refractivity contribution in [1.29, 1.82) is 0 Å². The zero-order valence-electron chi connectivity index (χ0n) is 16.3. The van der Waals surface area contributed by atoms with E-state index in [1.807, 2.05) is 17.0 Å². The Hall–Kier alpha value is -2.05. The molecule has 0 spiro atoms. The van der Waals surface area contributed by atoms with Crippen molar-refractivity contribution in [3.8, 4) is 0 Å². The number of furan rings is 1. The molecule has 1 aliphatic heterocycles. The molecule has 2 amide bonds. The van der Waals surface area contributed by atoms with Gasteiger partial charge in [-0.2, -0.15) is 0 Å². The fourth-order valence-corrected chi connectivity index (χ4v) is 4.27. The maximum atomic E-state index is 12.9. The predicted octanol–water partition coefficient (Wildman–Crippen LogP) is 3.35. The Balaban J connectivity index is 1.53. The summed E-state index contributed by atoms with van der Waals surface area (Å²) >= 11 is 0. The Labute approximate surface area is 160 Å². The first-order valence-corrected chi connectivity index (χ1v) is 9.93. The van der Waals surface area contributed by atoms with E-state index in [0.717, 1.165) is 41.8 Å². The van der Waals surface area contributed by atoms with Crippen molar-refractivity contribution in [2.75, 3.05) is 52.3 Å². The monoisotopic (exact) mass is 371 g/mol. The van der Waals surface area contributed by atoms with E-state index < -0.39 is 0 Å². The first kappa shape index (κ1) is 18.3. The molecule has 1 fully saturated rings. The van der Waals surface area contributed by atoms with Crippen LogP contribution in [0.5, 0.6) is 0 Å². The summed E-state index contributed by atoms with van der Waals surface area (Å²) in [5.41, 5.74) is 2.90. The van der Waals surface area contributed by atoms with E-state index in [1.54, 1.807) is 0 Å². The summed E-state index contributed by atoms with van der Waals surface area (Å²) in [4.78, 5) is 16.9. The van der Waals surface area contributed by atoms with Gasteiger partial charge in [0, 0.05) is 42.9 Å². The van der Waals surface area contributed by atoms with Gasteiger partial charge in [-0.3, -0.25) is 0 Å². The minimum absolute atomic E-state index is 0.0777. The van der Waals surface area contributed by atoms with Crippen LogP contribution in [0.2, 0.25) is 0 Å². The minimum atomic E-state index is -0.0777. The van der Waals surface area contributed by atoms with Crippen LogP contribution in [0.1, 0.15) is 24.2 Å². The van der Waals surface area contributed by atoms with Gasteiger partial charge in [-0.15, -0.1) is 0 Å². The number of benzene rings is 1. The lowest BCUT2D eigenvalue weighted by molar-refractivity contribution is 0.112. The number of rotatable bonds is 3. The van der Waals surface area contributed by atoms with Crippen LogP contribution in [0, 0.1) is 5.92 Å². The molecule has 2 aromatic rings. The second kappa shape index (κ2) is 7.90. The Bertz CT molecular complexity index is 814. The number of nitrogens with one attached hydrogen (secondary N) is 1. The van der Waals surface area contributed by atoms with Crippen LogP contribution in [-0.2, 0) is 17.6 Å². The molecule has 0 saturated carbocycles. The van der Waals surface area contributed by atoms with Crippen molar-refractivity contribution in [2.45, 2.75) is 25.7 Å². The van der Waals surface area contributed by atoms with Crippen molar-refractivity contribution in [1.82, 2.24) is 9.80 Å². The highest BCUT2D eigenvalue weighted by atomic mass is 16.5. The molecule has 0 unspecified atom stereocenters. The van der Waals surface area contributed by atoms with E-state index >= 15 is 0 Å². The van der Waals surface area contributed by atoms with Crippen molar-refractivity contribution < 1.29 is 13.9 Å². The van der Waals surface area contributed by atoms with Gasteiger partial charge >= 0.3 is 6.03 Å². The first-order chi connectivity index (χ1) is 13.1. The average Bonchev–Trinajstić information content (AvgIpc) is 2.87. The summed E-state index contributed by atoms with van der Waals surface area (Å²) in [6.45, 7) is 3.50. The van der Waals surface area contributed by atoms with Gasteiger partial charge in [0.15, 0.2) is 5.58 Å². The van der Waals surface area contributed by atoms with Gasteiger partial charge in [-0.05, 0) is 39.4 Å². The van der Waals surface area contributed by atoms with E-state index in [4.69, 9.17) is 9.15 Å². The molecule has 1 aromatic carbocycles. The normalized spacial score (nSPS) is 20.6. The number of urea groups is 1. The summed E-state index contributed by atoms with van der Waals surface area (Å²) in [5.74, 6) is 1.41. The van der Waals surface area contributed by atoms with Crippen LogP contribution in [0.3, 0.4) is 0 Å². The van der Waals surface area contributed by atoms with E-state index in [2.05, 4.69) is 30.4 Å². The molecule has 146 valence electrons. The number of fused-ring (bicyclic) bond motifs is 3. The topological polar surface area (TPSA) is 58.0 Å². The Kier molecular flexibility index (Phi) is 5.36. The smallest absolute Gasteiger partial charge is 0.322 e. The van der Waals surface area contributed by atoms with Crippen molar-refractivity contribution in [3.05, 3.63) is 29.5 Å². The maximum absolute atomic E-state index is 12.9. The van der Waals surface area contributed by atoms with E-state index in [-0.39, 0.29) is 6.03 Å². The maximum Gasteiger partial charge on any atom is 0.322 e. The zero-order valence-corrected chi connectivity index (χ0v) is 16.3. The summed E-state index contributed by atoms with van der Waals surface area (Å²) in [7, 11) is 4.10. The van der Waals surface area contributed by atoms with Gasteiger partial charge in [0.05, 0.1) is 18.9 Å². The number of aryl methyl sites for hydroxylation is 2. The second-order valence-electron chi connectivity index (χ2n) is 7.97. The average molecular weight is 371 g/mol. The molecule has 1 saturated heterocycles. The number of nitrogens with zero attached hydrogens (tertiary/aromatic N) is 2. The molecular formula is C21H29N3O3. The number of anilines is 1. The van der Waals surface area contributed by atoms with Crippen LogP contribution in [0.4, 0.5) is 10.5 Å². The lowest BCUT2D eigenvalue weighted by Gasteiger charge is -2.25. The van der Waals surface area contributed by atoms with E-state index in [0.29, 0.717) is 32.2 Å². The molecular weight excluding hydrogens is 342 g/mol. The first-order valence-electron chi connectivity index (χ1n) is 9.93. The highest BCUT2D eigenvalue weighted by Crippen LogP contribution is 2.35. The molecule has 1 aliphatic carbocycles. The molecule has 0 radical (unpaired) electrons. The number of carbonyl (C=O) groups is 1. The fourth-order valence-electron chi connectivity index (χ4n) is 4.27. The Morgan fingerprint density at radius 1 is 1.30 bits per heavy atom. The Morgan fingerprint density at radius 2 is 2.15 bits per heavy atom. The Morgan fingerprint density at radius 3 is 3.00 bits per heavy atom. The molecule has 6 heteroatoms. The number of ether oxygens (including phenoxy) is 1. The third-order valence-electron chi connectivity index (χ3n) is 5.47. The lowest BCUT2D eigenvalue weighted by Crippen LogP contribution is -2.41. The van der Waals surface area contributed by atoms with Crippen molar-refractivity contribution in [3.63, 3.8) is 0 Å². The molecule has 1 atom stereocenters. The molecule has 1 N–H and O–H groups in total. The third kappa shape index (κ3) is 3.96. The summed E-state index contributed by atoms with van der Waals surface area (Å²) in [6.07, 6.45) is 4.44. The van der Waals surface area contributed by atoms with E-state index in [9.17, 15) is 4.79 Å². The van der Waals surface area contributed by atoms with Crippen LogP contribution in [0.15, 0.2) is 22.6 Å². The number of para-hydroxylation sites is 1. The summed E-state index contributed by atoms with van der Waals surface area (Å²) in [5, 5.41) is 4.24. The molecule has 2 heterocycles. The third-order valence-corrected chi connectivity index (χ3v) is 5.47. The molecule has 2 aliphatic rings. The van der Waals surface area contributed by atoms with Crippen LogP contribution < -0.4 is 5.32 Å². The van der Waals surface area contributed by atoms with Gasteiger partial charge in [0.25, 0.3) is 0 Å². The number of hydrogen-bond donors (Lipinski definition) is 1. The van der Waals surface area contributed by atoms with Crippen molar-refractivity contribution >= 4 is 22.7 Å². The highest BCUT2D eigenvalue weighted by molar-refractivity contribution is 6.00. The quantitative estimate of drug-likeness (QED) is 0.899. The van der Waals surface area contributed by atoms with E-state index in [1.165, 1.54) is 18.4 Å².